The van der Waals surface area contributed by atoms with Gasteiger partial charge in [0.05, 0.1) is 0 Å². The van der Waals surface area contributed by atoms with E-state index < -0.39 is 0 Å². The van der Waals surface area contributed by atoms with Crippen molar-refractivity contribution in [3.63, 3.8) is 0 Å². The molecular weight excluding hydrogens is 288 g/mol. The summed E-state index contributed by atoms with van der Waals surface area (Å²) in [5.74, 6) is 0. The zero-order chi connectivity index (χ0) is 16.5. The molecule has 1 aliphatic rings. The van der Waals surface area contributed by atoms with E-state index in [4.69, 9.17) is 0 Å². The third-order valence-corrected chi connectivity index (χ3v) is 4.87. The minimum absolute atomic E-state index is 1.05. The molecule has 1 radical (unpaired) electrons. The maximum Gasteiger partial charge on any atom is 0.0211 e. The molecule has 0 unspecified atom stereocenters. The first-order chi connectivity index (χ1) is 11.8. The van der Waals surface area contributed by atoms with E-state index in [9.17, 15) is 0 Å². The molecule has 3 aromatic rings. The minimum atomic E-state index is 1.05. The van der Waals surface area contributed by atoms with E-state index in [1.54, 1.807) is 0 Å². The van der Waals surface area contributed by atoms with Crippen molar-refractivity contribution in [1.82, 2.24) is 0 Å². The smallest absolute Gasteiger partial charge is 0.0211 e. The van der Waals surface area contributed by atoms with Crippen LogP contribution in [0.2, 0.25) is 0 Å². The Morgan fingerprint density at radius 2 is 1.54 bits per heavy atom. The van der Waals surface area contributed by atoms with Gasteiger partial charge < -0.3 is 0 Å². The highest BCUT2D eigenvalue weighted by Crippen LogP contribution is 2.41. The van der Waals surface area contributed by atoms with Gasteiger partial charge in [0.2, 0.25) is 0 Å². The van der Waals surface area contributed by atoms with E-state index in [0.717, 1.165) is 6.42 Å². The molecule has 0 saturated carbocycles. The van der Waals surface area contributed by atoms with Crippen molar-refractivity contribution in [3.8, 4) is 11.1 Å². The quantitative estimate of drug-likeness (QED) is 0.530. The van der Waals surface area contributed by atoms with E-state index >= 15 is 0 Å². The number of rotatable bonds is 3. The first-order valence-corrected chi connectivity index (χ1v) is 8.61. The molecule has 0 heterocycles. The summed E-state index contributed by atoms with van der Waals surface area (Å²) >= 11 is 0. The summed E-state index contributed by atoms with van der Waals surface area (Å²) in [4.78, 5) is 0. The Hall–Kier alpha value is -2.60. The second-order valence-electron chi connectivity index (χ2n) is 6.38. The van der Waals surface area contributed by atoms with Crippen molar-refractivity contribution in [1.29, 1.82) is 0 Å². The lowest BCUT2D eigenvalue weighted by atomic mass is 9.89. The van der Waals surface area contributed by atoms with Gasteiger partial charge in [-0.3, -0.25) is 0 Å². The van der Waals surface area contributed by atoms with Gasteiger partial charge in [-0.15, -0.1) is 0 Å². The molecule has 0 amide bonds. The van der Waals surface area contributed by atoms with Gasteiger partial charge in [-0.1, -0.05) is 73.7 Å². The minimum Gasteiger partial charge on any atom is -0.0622 e. The molecule has 0 nitrogen and oxygen atoms in total. The van der Waals surface area contributed by atoms with E-state index in [1.807, 2.05) is 0 Å². The van der Waals surface area contributed by atoms with E-state index in [1.165, 1.54) is 44.5 Å². The average Bonchev–Trinajstić information content (AvgIpc) is 3.07. The van der Waals surface area contributed by atoms with Crippen molar-refractivity contribution in [2.24, 2.45) is 0 Å². The van der Waals surface area contributed by atoms with Crippen LogP contribution in [0.4, 0.5) is 0 Å². The van der Waals surface area contributed by atoms with Crippen molar-refractivity contribution in [3.05, 3.63) is 101 Å². The SMILES string of the molecule is CCc1ccccc1-c1c(C)ccc2c1C=C(c1ccccc1)[CH]2. The van der Waals surface area contributed by atoms with Crippen molar-refractivity contribution in [2.45, 2.75) is 20.3 Å². The largest absolute Gasteiger partial charge is 0.0622 e. The number of fused-ring (bicyclic) bond motifs is 1. The predicted molar refractivity (Wildman–Crippen MR) is 104 cm³/mol. The lowest BCUT2D eigenvalue weighted by molar-refractivity contribution is 1.14. The number of allylic oxidation sites excluding steroid dienone is 1. The molecule has 24 heavy (non-hydrogen) atoms. The Balaban J connectivity index is 1.90. The fourth-order valence-corrected chi connectivity index (χ4v) is 3.62. The number of benzene rings is 3. The molecular formula is C24H21. The summed E-state index contributed by atoms with van der Waals surface area (Å²) in [6.07, 6.45) is 5.71. The third kappa shape index (κ3) is 2.49. The van der Waals surface area contributed by atoms with Gasteiger partial charge in [0, 0.05) is 6.42 Å². The summed E-state index contributed by atoms with van der Waals surface area (Å²) in [6, 6.07) is 23.9. The van der Waals surface area contributed by atoms with Crippen LogP contribution in [-0.2, 0) is 6.42 Å². The van der Waals surface area contributed by atoms with Crippen LogP contribution in [0.15, 0.2) is 66.7 Å². The predicted octanol–water partition coefficient (Wildman–Crippen LogP) is 6.33. The monoisotopic (exact) mass is 309 g/mol. The van der Waals surface area contributed by atoms with Gasteiger partial charge in [0.25, 0.3) is 0 Å². The molecule has 117 valence electrons. The highest BCUT2D eigenvalue weighted by Gasteiger charge is 2.20. The van der Waals surface area contributed by atoms with E-state index in [0.29, 0.717) is 0 Å². The van der Waals surface area contributed by atoms with Crippen molar-refractivity contribution in [2.75, 3.05) is 0 Å². The molecule has 0 N–H and O–H groups in total. The summed E-state index contributed by atoms with van der Waals surface area (Å²) in [5.41, 5.74) is 10.8. The molecule has 0 heteroatoms. The highest BCUT2D eigenvalue weighted by molar-refractivity contribution is 5.99. The van der Waals surface area contributed by atoms with E-state index in [-0.39, 0.29) is 0 Å². The molecule has 0 atom stereocenters. The standard InChI is InChI=1S/C24H21/c1-3-18-9-7-8-12-22(18)24-17(2)13-14-20-15-21(16-23(20)24)19-10-5-4-6-11-19/h4-16H,3H2,1-2H3. The Morgan fingerprint density at radius 3 is 2.33 bits per heavy atom. The van der Waals surface area contributed by atoms with Gasteiger partial charge in [-0.05, 0) is 63.9 Å². The summed E-state index contributed by atoms with van der Waals surface area (Å²) in [6.45, 7) is 4.45. The third-order valence-electron chi connectivity index (χ3n) is 4.87. The van der Waals surface area contributed by atoms with Crippen molar-refractivity contribution >= 4 is 11.6 Å². The second kappa shape index (κ2) is 6.13. The molecule has 4 rings (SSSR count). The molecule has 0 fully saturated rings. The Kier molecular flexibility index (Phi) is 3.82. The van der Waals surface area contributed by atoms with Crippen molar-refractivity contribution < 1.29 is 0 Å². The normalized spacial score (nSPS) is 12.8. The van der Waals surface area contributed by atoms with Crippen LogP contribution >= 0.6 is 0 Å². The van der Waals surface area contributed by atoms with Gasteiger partial charge in [-0.2, -0.15) is 0 Å². The van der Waals surface area contributed by atoms with Crippen LogP contribution in [0.25, 0.3) is 22.8 Å². The maximum atomic E-state index is 2.35. The Labute approximate surface area is 144 Å². The molecule has 0 spiro atoms. The van der Waals surface area contributed by atoms with Gasteiger partial charge >= 0.3 is 0 Å². The molecule has 0 aliphatic heterocycles. The number of hydrogen-bond acceptors (Lipinski definition) is 0. The van der Waals surface area contributed by atoms with Gasteiger partial charge in [0.1, 0.15) is 0 Å². The maximum absolute atomic E-state index is 2.35. The first-order valence-electron chi connectivity index (χ1n) is 8.61. The van der Waals surface area contributed by atoms with Crippen LogP contribution in [0, 0.1) is 13.3 Å². The zero-order valence-corrected chi connectivity index (χ0v) is 14.2. The topological polar surface area (TPSA) is 0 Å². The lowest BCUT2D eigenvalue weighted by Crippen LogP contribution is -1.94. The van der Waals surface area contributed by atoms with Gasteiger partial charge in [-0.25, -0.2) is 0 Å². The Morgan fingerprint density at radius 1 is 0.792 bits per heavy atom. The second-order valence-corrected chi connectivity index (χ2v) is 6.38. The zero-order valence-electron chi connectivity index (χ0n) is 14.2. The molecule has 1 aliphatic carbocycles. The fraction of sp³-hybridized carbons (Fsp3) is 0.125. The highest BCUT2D eigenvalue weighted by atomic mass is 14.2. The number of hydrogen-bond donors (Lipinski definition) is 0. The van der Waals surface area contributed by atoms with Crippen LogP contribution < -0.4 is 0 Å². The van der Waals surface area contributed by atoms with E-state index in [2.05, 4.69) is 93.1 Å². The van der Waals surface area contributed by atoms with Crippen LogP contribution in [0.5, 0.6) is 0 Å². The average molecular weight is 309 g/mol. The fourth-order valence-electron chi connectivity index (χ4n) is 3.62. The summed E-state index contributed by atoms with van der Waals surface area (Å²) in [7, 11) is 0. The van der Waals surface area contributed by atoms with Gasteiger partial charge in [0.15, 0.2) is 0 Å². The molecule has 0 bridgehead atoms. The van der Waals surface area contributed by atoms with Crippen LogP contribution in [0.3, 0.4) is 0 Å². The number of aryl methyl sites for hydroxylation is 2. The first kappa shape index (κ1) is 15.0. The molecule has 0 saturated heterocycles. The summed E-state index contributed by atoms with van der Waals surface area (Å²) in [5, 5.41) is 0. The van der Waals surface area contributed by atoms with Crippen LogP contribution in [0.1, 0.15) is 34.7 Å². The lowest BCUT2D eigenvalue weighted by Gasteiger charge is -2.15. The Bertz CT molecular complexity index is 914. The molecule has 0 aromatic heterocycles. The summed E-state index contributed by atoms with van der Waals surface area (Å²) < 4.78 is 0. The molecule has 3 aromatic carbocycles. The van der Waals surface area contributed by atoms with Crippen LogP contribution in [-0.4, -0.2) is 0 Å².